The molecule has 5 rings (SSSR count). The van der Waals surface area contributed by atoms with E-state index in [2.05, 4.69) is 15.0 Å². The molecule has 0 bridgehead atoms. The normalized spacial score (nSPS) is 13.9. The minimum Gasteiger partial charge on any atom is -0.507 e. The molecule has 166 valence electrons. The number of aromatic hydroxyl groups is 1. The SMILES string of the molecule is O=C(c1cnc2cc(-c3ccc(N4CCOCC4)cc3)nn2c1)c1cc([N+](=O)[O-])ccc1O. The average Bonchev–Trinajstić information content (AvgIpc) is 3.28. The molecule has 33 heavy (non-hydrogen) atoms. The smallest absolute Gasteiger partial charge is 0.270 e. The summed E-state index contributed by atoms with van der Waals surface area (Å²) >= 11 is 0. The van der Waals surface area contributed by atoms with Crippen molar-refractivity contribution in [1.82, 2.24) is 14.6 Å². The fraction of sp³-hybridized carbons (Fsp3) is 0.174. The van der Waals surface area contributed by atoms with E-state index in [1.807, 2.05) is 30.3 Å². The molecular weight excluding hydrogens is 426 g/mol. The van der Waals surface area contributed by atoms with Crippen LogP contribution in [0, 0.1) is 10.1 Å². The van der Waals surface area contributed by atoms with Gasteiger partial charge in [-0.25, -0.2) is 9.50 Å². The predicted molar refractivity (Wildman–Crippen MR) is 120 cm³/mol. The Kier molecular flexibility index (Phi) is 5.19. The molecule has 1 saturated heterocycles. The lowest BCUT2D eigenvalue weighted by Crippen LogP contribution is -2.36. The summed E-state index contributed by atoms with van der Waals surface area (Å²) in [5, 5.41) is 25.6. The molecular formula is C23H19N5O5. The molecule has 0 amide bonds. The minimum absolute atomic E-state index is 0.149. The van der Waals surface area contributed by atoms with E-state index in [1.165, 1.54) is 16.9 Å². The van der Waals surface area contributed by atoms with E-state index in [-0.39, 0.29) is 22.6 Å². The van der Waals surface area contributed by atoms with Gasteiger partial charge < -0.3 is 14.7 Å². The molecule has 1 N–H and O–H groups in total. The van der Waals surface area contributed by atoms with Crippen molar-refractivity contribution in [3.63, 3.8) is 0 Å². The molecule has 0 spiro atoms. The Hall–Kier alpha value is -4.31. The number of carbonyl (C=O) groups is 1. The van der Waals surface area contributed by atoms with Crippen molar-refractivity contribution >= 4 is 22.8 Å². The number of nitro groups is 1. The van der Waals surface area contributed by atoms with Crippen LogP contribution in [0.4, 0.5) is 11.4 Å². The first-order chi connectivity index (χ1) is 16.0. The summed E-state index contributed by atoms with van der Waals surface area (Å²) in [6.45, 7) is 3.15. The predicted octanol–water partition coefficient (Wildman–Crippen LogP) is 3.08. The molecule has 2 aromatic carbocycles. The highest BCUT2D eigenvalue weighted by molar-refractivity contribution is 6.10. The number of nitro benzene ring substituents is 1. The summed E-state index contributed by atoms with van der Waals surface area (Å²) < 4.78 is 6.88. The molecule has 1 aliphatic heterocycles. The van der Waals surface area contributed by atoms with Crippen molar-refractivity contribution in [3.05, 3.63) is 82.2 Å². The van der Waals surface area contributed by atoms with E-state index in [9.17, 15) is 20.0 Å². The summed E-state index contributed by atoms with van der Waals surface area (Å²) in [4.78, 5) is 29.8. The fourth-order valence-electron chi connectivity index (χ4n) is 3.77. The molecule has 10 heteroatoms. The van der Waals surface area contributed by atoms with E-state index >= 15 is 0 Å². The van der Waals surface area contributed by atoms with Crippen molar-refractivity contribution in [1.29, 1.82) is 0 Å². The third kappa shape index (κ3) is 3.99. The number of ketones is 1. The van der Waals surface area contributed by atoms with Crippen LogP contribution in [-0.2, 0) is 4.74 Å². The zero-order chi connectivity index (χ0) is 22.9. The summed E-state index contributed by atoms with van der Waals surface area (Å²) in [6.07, 6.45) is 2.86. The zero-order valence-electron chi connectivity index (χ0n) is 17.4. The minimum atomic E-state index is -0.623. The van der Waals surface area contributed by atoms with Gasteiger partial charge in [-0.15, -0.1) is 0 Å². The van der Waals surface area contributed by atoms with Gasteiger partial charge >= 0.3 is 0 Å². The van der Waals surface area contributed by atoms with Crippen LogP contribution in [0.2, 0.25) is 0 Å². The number of rotatable bonds is 5. The van der Waals surface area contributed by atoms with Crippen molar-refractivity contribution < 1.29 is 19.6 Å². The Morgan fingerprint density at radius 1 is 1.09 bits per heavy atom. The standard InChI is InChI=1S/C23H19N5O5/c29-21-6-5-18(28(31)32)11-19(21)23(30)16-13-24-22-12-20(25-27(22)14-16)15-1-3-17(4-2-15)26-7-9-33-10-8-26/h1-6,11-14,29H,7-10H2. The van der Waals surface area contributed by atoms with Crippen LogP contribution < -0.4 is 4.90 Å². The van der Waals surface area contributed by atoms with Gasteiger partial charge in [-0.1, -0.05) is 12.1 Å². The number of nitrogens with zero attached hydrogens (tertiary/aromatic N) is 5. The van der Waals surface area contributed by atoms with Crippen LogP contribution in [-0.4, -0.2) is 56.7 Å². The van der Waals surface area contributed by atoms with Gasteiger partial charge in [0.25, 0.3) is 5.69 Å². The second-order valence-corrected chi connectivity index (χ2v) is 7.61. The summed E-state index contributed by atoms with van der Waals surface area (Å²) in [7, 11) is 0. The number of hydrogen-bond donors (Lipinski definition) is 1. The lowest BCUT2D eigenvalue weighted by atomic mass is 10.0. The average molecular weight is 445 g/mol. The van der Waals surface area contributed by atoms with Gasteiger partial charge in [0.1, 0.15) is 5.75 Å². The van der Waals surface area contributed by atoms with E-state index in [0.29, 0.717) is 11.3 Å². The van der Waals surface area contributed by atoms with Gasteiger partial charge in [-0.05, 0) is 18.2 Å². The monoisotopic (exact) mass is 445 g/mol. The maximum Gasteiger partial charge on any atom is 0.270 e. The van der Waals surface area contributed by atoms with Crippen LogP contribution in [0.1, 0.15) is 15.9 Å². The first-order valence-electron chi connectivity index (χ1n) is 10.3. The Morgan fingerprint density at radius 2 is 1.85 bits per heavy atom. The zero-order valence-corrected chi connectivity index (χ0v) is 17.4. The number of morpholine rings is 1. The van der Waals surface area contributed by atoms with Gasteiger partial charge in [0.2, 0.25) is 0 Å². The van der Waals surface area contributed by atoms with Crippen molar-refractivity contribution in [2.45, 2.75) is 0 Å². The van der Waals surface area contributed by atoms with Gasteiger partial charge in [0.15, 0.2) is 11.4 Å². The van der Waals surface area contributed by atoms with E-state index in [1.54, 1.807) is 0 Å². The molecule has 10 nitrogen and oxygen atoms in total. The van der Waals surface area contributed by atoms with E-state index in [0.717, 1.165) is 55.8 Å². The maximum absolute atomic E-state index is 12.9. The second-order valence-electron chi connectivity index (χ2n) is 7.61. The fourth-order valence-corrected chi connectivity index (χ4v) is 3.77. The molecule has 0 radical (unpaired) electrons. The molecule has 1 aliphatic rings. The summed E-state index contributed by atoms with van der Waals surface area (Å²) in [5.41, 5.74) is 2.95. The lowest BCUT2D eigenvalue weighted by Gasteiger charge is -2.28. The number of fused-ring (bicyclic) bond motifs is 1. The highest BCUT2D eigenvalue weighted by Gasteiger charge is 2.19. The van der Waals surface area contributed by atoms with E-state index < -0.39 is 10.7 Å². The van der Waals surface area contributed by atoms with Crippen LogP contribution in [0.15, 0.2) is 60.9 Å². The molecule has 2 aromatic heterocycles. The van der Waals surface area contributed by atoms with Crippen LogP contribution in [0.3, 0.4) is 0 Å². The number of anilines is 1. The molecule has 0 saturated carbocycles. The molecule has 0 aliphatic carbocycles. The number of ether oxygens (including phenoxy) is 1. The van der Waals surface area contributed by atoms with Gasteiger partial charge in [-0.2, -0.15) is 5.10 Å². The lowest BCUT2D eigenvalue weighted by molar-refractivity contribution is -0.384. The number of non-ortho nitro benzene ring substituents is 1. The van der Waals surface area contributed by atoms with Crippen LogP contribution in [0.25, 0.3) is 16.9 Å². The summed E-state index contributed by atoms with van der Waals surface area (Å²) in [5.74, 6) is -0.926. The molecule has 3 heterocycles. The third-order valence-electron chi connectivity index (χ3n) is 5.55. The highest BCUT2D eigenvalue weighted by Crippen LogP contribution is 2.27. The first kappa shape index (κ1) is 20.6. The number of hydrogen-bond acceptors (Lipinski definition) is 8. The van der Waals surface area contributed by atoms with Gasteiger partial charge in [0.05, 0.1) is 35.0 Å². The Balaban J connectivity index is 1.43. The van der Waals surface area contributed by atoms with Crippen molar-refractivity contribution in [2.24, 2.45) is 0 Å². The summed E-state index contributed by atoms with van der Waals surface area (Å²) in [6, 6.07) is 13.2. The molecule has 0 atom stereocenters. The van der Waals surface area contributed by atoms with Crippen LogP contribution in [0.5, 0.6) is 5.75 Å². The van der Waals surface area contributed by atoms with Crippen molar-refractivity contribution in [3.8, 4) is 17.0 Å². The Bertz CT molecular complexity index is 1360. The third-order valence-corrected chi connectivity index (χ3v) is 5.55. The number of carbonyl (C=O) groups excluding carboxylic acids is 1. The number of phenolic OH excluding ortho intramolecular Hbond substituents is 1. The van der Waals surface area contributed by atoms with E-state index in [4.69, 9.17) is 4.74 Å². The number of benzene rings is 2. The second kappa shape index (κ2) is 8.32. The van der Waals surface area contributed by atoms with Gasteiger partial charge in [-0.3, -0.25) is 14.9 Å². The topological polar surface area (TPSA) is 123 Å². The maximum atomic E-state index is 12.9. The van der Waals surface area contributed by atoms with Crippen LogP contribution >= 0.6 is 0 Å². The molecule has 4 aromatic rings. The first-order valence-corrected chi connectivity index (χ1v) is 10.3. The largest absolute Gasteiger partial charge is 0.507 e. The number of phenols is 1. The quantitative estimate of drug-likeness (QED) is 0.282. The molecule has 0 unspecified atom stereocenters. The molecule has 1 fully saturated rings. The Labute approximate surface area is 187 Å². The van der Waals surface area contributed by atoms with Crippen molar-refractivity contribution in [2.75, 3.05) is 31.2 Å². The highest BCUT2D eigenvalue weighted by atomic mass is 16.6. The van der Waals surface area contributed by atoms with Gasteiger partial charge in [0, 0.05) is 54.9 Å². The Morgan fingerprint density at radius 3 is 2.58 bits per heavy atom. The number of aromatic nitrogens is 3.